The Morgan fingerprint density at radius 2 is 1.98 bits per heavy atom. The summed E-state index contributed by atoms with van der Waals surface area (Å²) in [6, 6.07) is 10.0. The molecule has 40 heavy (non-hydrogen) atoms. The minimum absolute atomic E-state index is 0.0174. The number of fused-ring (bicyclic) bond motifs is 5. The fourth-order valence-electron chi connectivity index (χ4n) is 6.18. The number of piperidine rings is 1. The van der Waals surface area contributed by atoms with Gasteiger partial charge in [-0.05, 0) is 36.1 Å². The Morgan fingerprint density at radius 1 is 1.12 bits per heavy atom. The number of carbonyl (C=O) groups is 1. The Balaban J connectivity index is 1.34. The molecule has 1 N–H and O–H groups in total. The molecule has 1 saturated heterocycles. The maximum Gasteiger partial charge on any atom is 0.306 e. The number of aromatic hydroxyl groups is 1. The number of methoxy groups -OCH3 is 2. The summed E-state index contributed by atoms with van der Waals surface area (Å²) in [5, 5.41) is 10.8. The van der Waals surface area contributed by atoms with Crippen LogP contribution in [0.15, 0.2) is 50.4 Å². The molecule has 0 spiro atoms. The molecule has 6 rings (SSSR count). The van der Waals surface area contributed by atoms with Crippen molar-refractivity contribution in [2.45, 2.75) is 37.8 Å². The van der Waals surface area contributed by atoms with Crippen LogP contribution >= 0.6 is 0 Å². The van der Waals surface area contributed by atoms with Crippen LogP contribution in [-0.4, -0.2) is 54.6 Å². The van der Waals surface area contributed by atoms with Gasteiger partial charge in [-0.2, -0.15) is 0 Å². The number of hydrogen-bond donors (Lipinski definition) is 1. The lowest BCUT2D eigenvalue weighted by Gasteiger charge is -2.42. The van der Waals surface area contributed by atoms with Crippen LogP contribution in [0, 0.1) is 5.92 Å². The van der Waals surface area contributed by atoms with Crippen LogP contribution in [0.25, 0.3) is 0 Å². The van der Waals surface area contributed by atoms with Crippen LogP contribution in [0.1, 0.15) is 47.5 Å². The van der Waals surface area contributed by atoms with E-state index in [1.165, 1.54) is 20.3 Å². The first-order valence-corrected chi connectivity index (χ1v) is 13.2. The summed E-state index contributed by atoms with van der Waals surface area (Å²) in [5.74, 6) is 0.0721. The fourth-order valence-corrected chi connectivity index (χ4v) is 6.18. The molecule has 0 unspecified atom stereocenters. The van der Waals surface area contributed by atoms with Crippen molar-refractivity contribution in [3.8, 4) is 23.0 Å². The van der Waals surface area contributed by atoms with E-state index < -0.39 is 23.1 Å². The molecule has 0 radical (unpaired) electrons. The number of aromatic nitrogens is 1. The Bertz CT molecular complexity index is 1580. The predicted octanol–water partition coefficient (Wildman–Crippen LogP) is 2.56. The number of likely N-dealkylation sites (tertiary alicyclic amines) is 1. The van der Waals surface area contributed by atoms with Crippen molar-refractivity contribution in [3.05, 3.63) is 79.8 Å². The summed E-state index contributed by atoms with van der Waals surface area (Å²) in [4.78, 5) is 40.0. The molecule has 2 bridgehead atoms. The lowest BCUT2D eigenvalue weighted by molar-refractivity contribution is -0.140. The number of hydrogen-bond acceptors (Lipinski definition) is 10. The van der Waals surface area contributed by atoms with E-state index in [2.05, 4.69) is 4.90 Å². The van der Waals surface area contributed by atoms with Crippen LogP contribution in [0.3, 0.4) is 0 Å². The number of pyridine rings is 1. The van der Waals surface area contributed by atoms with Crippen molar-refractivity contribution in [1.82, 2.24) is 9.47 Å². The molecule has 11 nitrogen and oxygen atoms in total. The molecule has 3 aliphatic rings. The van der Waals surface area contributed by atoms with Gasteiger partial charge in [0.05, 0.1) is 33.1 Å². The van der Waals surface area contributed by atoms with Crippen molar-refractivity contribution in [2.24, 2.45) is 5.92 Å². The van der Waals surface area contributed by atoms with Crippen molar-refractivity contribution >= 4 is 5.97 Å². The van der Waals surface area contributed by atoms with E-state index in [1.54, 1.807) is 24.3 Å². The first-order chi connectivity index (χ1) is 19.3. The van der Waals surface area contributed by atoms with Gasteiger partial charge < -0.3 is 33.0 Å². The van der Waals surface area contributed by atoms with Crippen LogP contribution in [0.4, 0.5) is 0 Å². The fraction of sp³-hybridized carbons (Fsp3) is 0.414. The minimum atomic E-state index is -0.858. The van der Waals surface area contributed by atoms with Gasteiger partial charge in [0, 0.05) is 43.4 Å². The molecule has 11 heteroatoms. The molecule has 1 fully saturated rings. The molecule has 5 heterocycles. The van der Waals surface area contributed by atoms with Crippen LogP contribution in [0.2, 0.25) is 0 Å². The van der Waals surface area contributed by atoms with Crippen LogP contribution in [-0.2, 0) is 22.6 Å². The number of benzene rings is 1. The van der Waals surface area contributed by atoms with Gasteiger partial charge in [-0.15, -0.1) is 0 Å². The molecule has 3 atom stereocenters. The highest BCUT2D eigenvalue weighted by molar-refractivity contribution is 5.71. The second kappa shape index (κ2) is 10.4. The van der Waals surface area contributed by atoms with E-state index in [0.717, 1.165) is 18.7 Å². The van der Waals surface area contributed by atoms with Gasteiger partial charge in [0.15, 0.2) is 17.3 Å². The predicted molar refractivity (Wildman–Crippen MR) is 141 cm³/mol. The minimum Gasteiger partial charge on any atom is -0.502 e. The first-order valence-electron chi connectivity index (χ1n) is 13.2. The molecular formula is C29H30N2O9. The standard InChI is InChI=1S/C29H30N2O9/c1-36-23-7-17(8-24-29(23)39-15-38-24)20(10-26(34)37-2)28-27(35)22(32)9-19(40-28)14-30-11-16-6-18(13-30)21-4-3-5-25(33)31(21)12-16/h3-5,7-9,16,18,20,35H,6,10-15H2,1-2H3/t16-,18+,20-/m0/s1. The lowest BCUT2D eigenvalue weighted by atomic mass is 9.83. The normalized spacial score (nSPS) is 20.1. The first kappa shape index (κ1) is 26.0. The third-order valence-electron chi connectivity index (χ3n) is 7.93. The highest BCUT2D eigenvalue weighted by Gasteiger charge is 2.35. The van der Waals surface area contributed by atoms with Crippen LogP contribution < -0.4 is 25.2 Å². The number of nitrogens with zero attached hydrogens (tertiary/aromatic N) is 2. The molecule has 0 saturated carbocycles. The Kier molecular flexibility index (Phi) is 6.75. The summed E-state index contributed by atoms with van der Waals surface area (Å²) in [6.45, 7) is 2.44. The zero-order valence-electron chi connectivity index (χ0n) is 22.3. The Labute approximate surface area is 229 Å². The number of rotatable bonds is 7. The molecule has 2 aromatic heterocycles. The van der Waals surface area contributed by atoms with E-state index >= 15 is 0 Å². The van der Waals surface area contributed by atoms with Crippen molar-refractivity contribution in [2.75, 3.05) is 34.1 Å². The van der Waals surface area contributed by atoms with Gasteiger partial charge in [-0.3, -0.25) is 19.3 Å². The summed E-state index contributed by atoms with van der Waals surface area (Å²) in [6.07, 6.45) is 0.802. The molecule has 0 amide bonds. The number of ether oxygens (including phenoxy) is 4. The zero-order valence-corrected chi connectivity index (χ0v) is 22.3. The van der Waals surface area contributed by atoms with E-state index in [4.69, 9.17) is 23.4 Å². The molecule has 3 aromatic rings. The third kappa shape index (κ3) is 4.70. The largest absolute Gasteiger partial charge is 0.502 e. The van der Waals surface area contributed by atoms with E-state index in [0.29, 0.717) is 54.1 Å². The Morgan fingerprint density at radius 3 is 2.77 bits per heavy atom. The molecule has 0 aliphatic carbocycles. The average Bonchev–Trinajstić information content (AvgIpc) is 3.42. The summed E-state index contributed by atoms with van der Waals surface area (Å²) >= 11 is 0. The van der Waals surface area contributed by atoms with E-state index in [9.17, 15) is 19.5 Å². The highest BCUT2D eigenvalue weighted by Crippen LogP contribution is 2.46. The molecule has 3 aliphatic heterocycles. The zero-order chi connectivity index (χ0) is 28.0. The molecule has 210 valence electrons. The van der Waals surface area contributed by atoms with Crippen molar-refractivity contribution < 1.29 is 33.3 Å². The monoisotopic (exact) mass is 550 g/mol. The van der Waals surface area contributed by atoms with Crippen molar-refractivity contribution in [1.29, 1.82) is 0 Å². The van der Waals surface area contributed by atoms with Gasteiger partial charge in [0.25, 0.3) is 5.56 Å². The summed E-state index contributed by atoms with van der Waals surface area (Å²) in [7, 11) is 2.75. The Hall–Kier alpha value is -4.25. The highest BCUT2D eigenvalue weighted by atomic mass is 16.7. The second-order valence-electron chi connectivity index (χ2n) is 10.5. The van der Waals surface area contributed by atoms with Gasteiger partial charge in [0.1, 0.15) is 5.76 Å². The second-order valence-corrected chi connectivity index (χ2v) is 10.5. The SMILES string of the molecule is COC(=O)C[C@@H](c1cc(OC)c2c(c1)OCO2)c1oc(CN2C[C@@H]3C[C@H](C2)c2cccc(=O)n2C3)cc(=O)c1O. The molecule has 1 aromatic carbocycles. The van der Waals surface area contributed by atoms with Crippen molar-refractivity contribution in [3.63, 3.8) is 0 Å². The topological polar surface area (TPSA) is 130 Å². The van der Waals surface area contributed by atoms with E-state index in [-0.39, 0.29) is 30.5 Å². The van der Waals surface area contributed by atoms with Gasteiger partial charge in [-0.25, -0.2) is 0 Å². The third-order valence-corrected chi connectivity index (χ3v) is 7.93. The molecular weight excluding hydrogens is 520 g/mol. The maximum atomic E-state index is 12.9. The van der Waals surface area contributed by atoms with Gasteiger partial charge >= 0.3 is 5.97 Å². The van der Waals surface area contributed by atoms with Gasteiger partial charge in [-0.1, -0.05) is 6.07 Å². The van der Waals surface area contributed by atoms with E-state index in [1.807, 2.05) is 10.6 Å². The quantitative estimate of drug-likeness (QED) is 0.438. The van der Waals surface area contributed by atoms with Crippen LogP contribution in [0.5, 0.6) is 23.0 Å². The smallest absolute Gasteiger partial charge is 0.306 e. The summed E-state index contributed by atoms with van der Waals surface area (Å²) < 4.78 is 29.5. The summed E-state index contributed by atoms with van der Waals surface area (Å²) in [5.41, 5.74) is 0.965. The average molecular weight is 551 g/mol. The number of carbonyl (C=O) groups excluding carboxylic acids is 1. The number of esters is 1. The maximum absolute atomic E-state index is 12.9. The van der Waals surface area contributed by atoms with Gasteiger partial charge in [0.2, 0.25) is 23.7 Å². The lowest BCUT2D eigenvalue weighted by Crippen LogP contribution is -2.46.